The van der Waals surface area contributed by atoms with E-state index in [0.717, 1.165) is 18.4 Å². The third-order valence-electron chi connectivity index (χ3n) is 4.21. The average Bonchev–Trinajstić information content (AvgIpc) is 2.53. The number of hydrogen-bond donors (Lipinski definition) is 1. The van der Waals surface area contributed by atoms with E-state index in [-0.39, 0.29) is 11.7 Å². The Kier molecular flexibility index (Phi) is 4.99. The Hall–Kier alpha value is -1.84. The number of aromatic hydroxyl groups is 1. The second kappa shape index (κ2) is 6.74. The molecule has 0 spiro atoms. The molecule has 21 heavy (non-hydrogen) atoms. The summed E-state index contributed by atoms with van der Waals surface area (Å²) in [7, 11) is 4.69. The van der Waals surface area contributed by atoms with Crippen LogP contribution in [-0.2, 0) is 0 Å². The van der Waals surface area contributed by atoms with Crippen LogP contribution in [0.3, 0.4) is 0 Å². The molecule has 2 rings (SSSR count). The second-order valence-electron chi connectivity index (χ2n) is 5.25. The first-order chi connectivity index (χ1) is 10.2. The molecule has 0 saturated heterocycles. The van der Waals surface area contributed by atoms with Gasteiger partial charge >= 0.3 is 0 Å². The van der Waals surface area contributed by atoms with Crippen LogP contribution in [0, 0.1) is 0 Å². The molecule has 1 N–H and O–H groups in total. The van der Waals surface area contributed by atoms with Crippen molar-refractivity contribution in [3.63, 3.8) is 0 Å². The number of ether oxygens (including phenoxy) is 3. The van der Waals surface area contributed by atoms with Gasteiger partial charge in [-0.15, -0.1) is 0 Å². The van der Waals surface area contributed by atoms with Gasteiger partial charge < -0.3 is 19.3 Å². The van der Waals surface area contributed by atoms with Gasteiger partial charge in [0.25, 0.3) is 0 Å². The molecule has 0 aliphatic heterocycles. The maximum Gasteiger partial charge on any atom is 0.207 e. The molecule has 1 fully saturated rings. The molecule has 1 aromatic carbocycles. The highest BCUT2D eigenvalue weighted by atomic mass is 16.5. The zero-order chi connectivity index (χ0) is 15.4. The molecule has 1 aliphatic carbocycles. The van der Waals surface area contributed by atoms with Crippen LogP contribution in [0.15, 0.2) is 17.7 Å². The lowest BCUT2D eigenvalue weighted by Gasteiger charge is -2.28. The van der Waals surface area contributed by atoms with Crippen LogP contribution in [0.5, 0.6) is 23.0 Å². The molecule has 1 unspecified atom stereocenters. The van der Waals surface area contributed by atoms with E-state index in [9.17, 15) is 5.11 Å². The first-order valence-corrected chi connectivity index (χ1v) is 7.34. The molecular weight excluding hydrogens is 268 g/mol. The Morgan fingerprint density at radius 1 is 1.05 bits per heavy atom. The van der Waals surface area contributed by atoms with Gasteiger partial charge in [-0.05, 0) is 32.3 Å². The topological polar surface area (TPSA) is 47.9 Å². The van der Waals surface area contributed by atoms with Crippen molar-refractivity contribution < 1.29 is 19.3 Å². The highest BCUT2D eigenvalue weighted by Crippen LogP contribution is 2.51. The van der Waals surface area contributed by atoms with Crippen LogP contribution in [-0.4, -0.2) is 26.4 Å². The largest absolute Gasteiger partial charge is 0.504 e. The first kappa shape index (κ1) is 15.5. The number of phenolic OH excluding ortho intramolecular Hbond substituents is 1. The lowest BCUT2D eigenvalue weighted by molar-refractivity contribution is 0.306. The van der Waals surface area contributed by atoms with Crippen molar-refractivity contribution in [2.24, 2.45) is 0 Å². The van der Waals surface area contributed by atoms with E-state index >= 15 is 0 Å². The summed E-state index contributed by atoms with van der Waals surface area (Å²) in [6, 6.07) is 1.75. The molecule has 0 aromatic heterocycles. The quantitative estimate of drug-likeness (QED) is 0.851. The molecular formula is C17H24O4. The Bertz CT molecular complexity index is 534. The third-order valence-corrected chi connectivity index (χ3v) is 4.21. The van der Waals surface area contributed by atoms with Gasteiger partial charge in [-0.25, -0.2) is 0 Å². The number of benzene rings is 1. The molecule has 1 aromatic rings. The highest BCUT2D eigenvalue weighted by molar-refractivity contribution is 5.64. The van der Waals surface area contributed by atoms with Gasteiger partial charge in [0, 0.05) is 11.5 Å². The Morgan fingerprint density at radius 3 is 2.29 bits per heavy atom. The lowest BCUT2D eigenvalue weighted by atomic mass is 9.79. The monoisotopic (exact) mass is 292 g/mol. The maximum atomic E-state index is 10.2. The summed E-state index contributed by atoms with van der Waals surface area (Å²) in [5.41, 5.74) is 2.37. The number of allylic oxidation sites excluding steroid dienone is 2. The van der Waals surface area contributed by atoms with E-state index in [0.29, 0.717) is 17.2 Å². The summed E-state index contributed by atoms with van der Waals surface area (Å²) in [6.07, 6.45) is 6.74. The highest BCUT2D eigenvalue weighted by Gasteiger charge is 2.28. The minimum absolute atomic E-state index is 0.0891. The van der Waals surface area contributed by atoms with E-state index < -0.39 is 0 Å². The van der Waals surface area contributed by atoms with Crippen LogP contribution >= 0.6 is 0 Å². The lowest BCUT2D eigenvalue weighted by Crippen LogP contribution is -2.10. The summed E-state index contributed by atoms with van der Waals surface area (Å²) in [5.74, 6) is 1.78. The molecule has 1 aliphatic rings. The fourth-order valence-electron chi connectivity index (χ4n) is 3.22. The summed E-state index contributed by atoms with van der Waals surface area (Å²) >= 11 is 0. The Balaban J connectivity index is 2.60. The average molecular weight is 292 g/mol. The Morgan fingerprint density at radius 2 is 1.71 bits per heavy atom. The van der Waals surface area contributed by atoms with Gasteiger partial charge in [-0.1, -0.05) is 18.1 Å². The third kappa shape index (κ3) is 2.80. The maximum absolute atomic E-state index is 10.2. The molecule has 0 bridgehead atoms. The van der Waals surface area contributed by atoms with Gasteiger partial charge in [-0.3, -0.25) is 0 Å². The summed E-state index contributed by atoms with van der Waals surface area (Å²) in [5, 5.41) is 10.2. The van der Waals surface area contributed by atoms with Crippen molar-refractivity contribution in [3.05, 3.63) is 23.3 Å². The second-order valence-corrected chi connectivity index (χ2v) is 5.25. The smallest absolute Gasteiger partial charge is 0.207 e. The van der Waals surface area contributed by atoms with Crippen molar-refractivity contribution in [3.8, 4) is 23.0 Å². The van der Waals surface area contributed by atoms with E-state index in [2.05, 4.69) is 13.0 Å². The summed E-state index contributed by atoms with van der Waals surface area (Å²) in [4.78, 5) is 0. The fraction of sp³-hybridized carbons (Fsp3) is 0.529. The predicted octanol–water partition coefficient (Wildman–Crippen LogP) is 4.02. The molecule has 1 atom stereocenters. The molecule has 4 nitrogen and oxygen atoms in total. The Labute approximate surface area is 126 Å². The minimum atomic E-state index is 0.0891. The molecule has 4 heteroatoms. The molecule has 0 heterocycles. The molecule has 0 amide bonds. The zero-order valence-electron chi connectivity index (χ0n) is 13.2. The van der Waals surface area contributed by atoms with E-state index in [1.807, 2.05) is 0 Å². The molecule has 1 saturated carbocycles. The zero-order valence-corrected chi connectivity index (χ0v) is 13.2. The summed E-state index contributed by atoms with van der Waals surface area (Å²) in [6.45, 7) is 2.07. The van der Waals surface area contributed by atoms with E-state index in [1.54, 1.807) is 20.3 Å². The van der Waals surface area contributed by atoms with Crippen molar-refractivity contribution in [2.75, 3.05) is 21.3 Å². The van der Waals surface area contributed by atoms with Crippen LogP contribution in [0.2, 0.25) is 0 Å². The molecule has 0 radical (unpaired) electrons. The van der Waals surface area contributed by atoms with Crippen molar-refractivity contribution in [1.82, 2.24) is 0 Å². The first-order valence-electron chi connectivity index (χ1n) is 7.34. The summed E-state index contributed by atoms with van der Waals surface area (Å²) < 4.78 is 16.2. The number of rotatable bonds is 4. The van der Waals surface area contributed by atoms with E-state index in [4.69, 9.17) is 14.2 Å². The number of phenols is 1. The van der Waals surface area contributed by atoms with Crippen molar-refractivity contribution in [1.29, 1.82) is 0 Å². The van der Waals surface area contributed by atoms with Gasteiger partial charge in [0.2, 0.25) is 11.5 Å². The van der Waals surface area contributed by atoms with Crippen LogP contribution in [0.25, 0.3) is 0 Å². The normalized spacial score (nSPS) is 20.4. The predicted molar refractivity (Wildman–Crippen MR) is 82.7 cm³/mol. The van der Waals surface area contributed by atoms with E-state index in [1.165, 1.54) is 25.5 Å². The van der Waals surface area contributed by atoms with Gasteiger partial charge in [0.1, 0.15) is 0 Å². The fourth-order valence-corrected chi connectivity index (χ4v) is 3.22. The van der Waals surface area contributed by atoms with Crippen molar-refractivity contribution in [2.45, 2.75) is 38.5 Å². The standard InChI is InChI=1S/C17H24O4/c1-5-11-8-6-7-9-12(11)13-10-14(18)16(20-3)17(21-4)15(13)19-2/h5,10,12,18H,6-9H2,1-4H3/b11-5+. The van der Waals surface area contributed by atoms with Crippen LogP contribution in [0.1, 0.15) is 44.1 Å². The number of hydrogen-bond acceptors (Lipinski definition) is 4. The van der Waals surface area contributed by atoms with Crippen LogP contribution in [0.4, 0.5) is 0 Å². The van der Waals surface area contributed by atoms with Gasteiger partial charge in [-0.2, -0.15) is 0 Å². The van der Waals surface area contributed by atoms with Crippen LogP contribution < -0.4 is 14.2 Å². The van der Waals surface area contributed by atoms with Gasteiger partial charge in [0.15, 0.2) is 11.5 Å². The van der Waals surface area contributed by atoms with Gasteiger partial charge in [0.05, 0.1) is 21.3 Å². The SMILES string of the molecule is C/C=C1\CCCCC1c1cc(O)c(OC)c(OC)c1OC. The van der Waals surface area contributed by atoms with Crippen molar-refractivity contribution >= 4 is 0 Å². The molecule has 116 valence electrons. The number of methoxy groups -OCH3 is 3. The minimum Gasteiger partial charge on any atom is -0.504 e.